The standard InChI is InChI=1S/C13H16FNO2/c1-2-17-12(16)13(7-11(15)8-13)9-4-3-5-10(14)6-9/h3-6,11H,2,7-8,15H2,1H3. The van der Waals surface area contributed by atoms with Gasteiger partial charge in [0.15, 0.2) is 0 Å². The molecule has 1 aromatic rings. The van der Waals surface area contributed by atoms with Gasteiger partial charge in [-0.25, -0.2) is 4.39 Å². The van der Waals surface area contributed by atoms with Gasteiger partial charge in [-0.15, -0.1) is 0 Å². The number of esters is 1. The highest BCUT2D eigenvalue weighted by Crippen LogP contribution is 2.44. The number of halogens is 1. The average molecular weight is 237 g/mol. The highest BCUT2D eigenvalue weighted by molar-refractivity contribution is 5.84. The van der Waals surface area contributed by atoms with E-state index in [0.29, 0.717) is 25.0 Å². The average Bonchev–Trinajstić information content (AvgIpc) is 2.24. The maximum atomic E-state index is 13.2. The largest absolute Gasteiger partial charge is 0.465 e. The van der Waals surface area contributed by atoms with Gasteiger partial charge < -0.3 is 10.5 Å². The van der Waals surface area contributed by atoms with Crippen molar-refractivity contribution in [3.05, 3.63) is 35.6 Å². The van der Waals surface area contributed by atoms with Gasteiger partial charge in [0.05, 0.1) is 12.0 Å². The van der Waals surface area contributed by atoms with Gasteiger partial charge in [0.25, 0.3) is 0 Å². The highest BCUT2D eigenvalue weighted by Gasteiger charge is 2.51. The third-order valence-corrected chi connectivity index (χ3v) is 3.26. The van der Waals surface area contributed by atoms with Crippen LogP contribution in [0.15, 0.2) is 24.3 Å². The summed E-state index contributed by atoms with van der Waals surface area (Å²) in [6.45, 7) is 2.08. The monoisotopic (exact) mass is 237 g/mol. The van der Waals surface area contributed by atoms with Crippen LogP contribution in [0.2, 0.25) is 0 Å². The molecule has 0 amide bonds. The van der Waals surface area contributed by atoms with E-state index in [1.165, 1.54) is 12.1 Å². The molecule has 2 rings (SSSR count). The Balaban J connectivity index is 2.32. The van der Waals surface area contributed by atoms with Crippen LogP contribution in [0, 0.1) is 5.82 Å². The number of benzene rings is 1. The molecule has 17 heavy (non-hydrogen) atoms. The van der Waals surface area contributed by atoms with Crippen molar-refractivity contribution in [2.75, 3.05) is 6.61 Å². The molecule has 92 valence electrons. The fourth-order valence-corrected chi connectivity index (χ4v) is 2.41. The summed E-state index contributed by atoms with van der Waals surface area (Å²) in [7, 11) is 0. The molecular formula is C13H16FNO2. The molecule has 1 aliphatic rings. The van der Waals surface area contributed by atoms with Gasteiger partial charge >= 0.3 is 5.97 Å². The molecule has 0 radical (unpaired) electrons. The number of carbonyl (C=O) groups excluding carboxylic acids is 1. The zero-order chi connectivity index (χ0) is 12.5. The Hall–Kier alpha value is -1.42. The van der Waals surface area contributed by atoms with E-state index in [1.807, 2.05) is 0 Å². The van der Waals surface area contributed by atoms with Crippen molar-refractivity contribution >= 4 is 5.97 Å². The van der Waals surface area contributed by atoms with Gasteiger partial charge in [-0.3, -0.25) is 4.79 Å². The number of ether oxygens (including phenoxy) is 1. The maximum absolute atomic E-state index is 13.2. The first-order valence-electron chi connectivity index (χ1n) is 5.77. The summed E-state index contributed by atoms with van der Waals surface area (Å²) in [6.07, 6.45) is 1.05. The summed E-state index contributed by atoms with van der Waals surface area (Å²) in [4.78, 5) is 12.0. The van der Waals surface area contributed by atoms with Crippen molar-refractivity contribution in [1.29, 1.82) is 0 Å². The van der Waals surface area contributed by atoms with E-state index in [9.17, 15) is 9.18 Å². The molecule has 3 nitrogen and oxygen atoms in total. The third kappa shape index (κ3) is 2.05. The van der Waals surface area contributed by atoms with Crippen LogP contribution in [-0.4, -0.2) is 18.6 Å². The molecule has 4 heteroatoms. The van der Waals surface area contributed by atoms with E-state index in [-0.39, 0.29) is 17.8 Å². The van der Waals surface area contributed by atoms with E-state index in [0.717, 1.165) is 0 Å². The Labute approximate surface area is 99.8 Å². The molecule has 0 heterocycles. The van der Waals surface area contributed by atoms with Crippen molar-refractivity contribution in [2.45, 2.75) is 31.2 Å². The molecule has 1 fully saturated rings. The predicted octanol–water partition coefficient (Wildman–Crippen LogP) is 1.75. The van der Waals surface area contributed by atoms with Crippen LogP contribution in [0.1, 0.15) is 25.3 Å². The van der Waals surface area contributed by atoms with Crippen LogP contribution in [-0.2, 0) is 14.9 Å². The molecule has 2 N–H and O–H groups in total. The van der Waals surface area contributed by atoms with Crippen molar-refractivity contribution in [3.63, 3.8) is 0 Å². The SMILES string of the molecule is CCOC(=O)C1(c2cccc(F)c2)CC(N)C1. The summed E-state index contributed by atoms with van der Waals surface area (Å²) in [5, 5.41) is 0. The second kappa shape index (κ2) is 4.45. The Morgan fingerprint density at radius 2 is 2.29 bits per heavy atom. The fourth-order valence-electron chi connectivity index (χ4n) is 2.41. The van der Waals surface area contributed by atoms with Crippen molar-refractivity contribution < 1.29 is 13.9 Å². The Bertz CT molecular complexity index is 427. The van der Waals surface area contributed by atoms with Crippen molar-refractivity contribution in [2.24, 2.45) is 5.73 Å². The second-order valence-corrected chi connectivity index (χ2v) is 4.48. The minimum absolute atomic E-state index is 0.0114. The molecule has 1 saturated carbocycles. The zero-order valence-electron chi connectivity index (χ0n) is 9.78. The van der Waals surface area contributed by atoms with Gasteiger partial charge in [0, 0.05) is 6.04 Å². The van der Waals surface area contributed by atoms with E-state index in [1.54, 1.807) is 19.1 Å². The highest BCUT2D eigenvalue weighted by atomic mass is 19.1. The van der Waals surface area contributed by atoms with E-state index in [2.05, 4.69) is 0 Å². The fraction of sp³-hybridized carbons (Fsp3) is 0.462. The molecular weight excluding hydrogens is 221 g/mol. The van der Waals surface area contributed by atoms with E-state index >= 15 is 0 Å². The molecule has 0 atom stereocenters. The number of rotatable bonds is 3. The minimum atomic E-state index is -0.739. The van der Waals surface area contributed by atoms with Crippen molar-refractivity contribution in [3.8, 4) is 0 Å². The first-order valence-corrected chi connectivity index (χ1v) is 5.77. The Morgan fingerprint density at radius 1 is 1.59 bits per heavy atom. The first-order chi connectivity index (χ1) is 8.08. The molecule has 1 aliphatic carbocycles. The van der Waals surface area contributed by atoms with Gasteiger partial charge in [-0.05, 0) is 37.5 Å². The second-order valence-electron chi connectivity index (χ2n) is 4.48. The van der Waals surface area contributed by atoms with E-state index in [4.69, 9.17) is 10.5 Å². The quantitative estimate of drug-likeness (QED) is 0.815. The zero-order valence-corrected chi connectivity index (χ0v) is 9.78. The molecule has 0 saturated heterocycles. The number of hydrogen-bond donors (Lipinski definition) is 1. The maximum Gasteiger partial charge on any atom is 0.316 e. The molecule has 0 unspecified atom stereocenters. The summed E-state index contributed by atoms with van der Waals surface area (Å²) in [5.74, 6) is -0.640. The Kier molecular flexibility index (Phi) is 3.15. The van der Waals surface area contributed by atoms with Crippen LogP contribution in [0.5, 0.6) is 0 Å². The number of carbonyl (C=O) groups is 1. The van der Waals surface area contributed by atoms with Crippen LogP contribution in [0.3, 0.4) is 0 Å². The van der Waals surface area contributed by atoms with Crippen LogP contribution in [0.4, 0.5) is 4.39 Å². The van der Waals surface area contributed by atoms with E-state index < -0.39 is 5.41 Å². The summed E-state index contributed by atoms with van der Waals surface area (Å²) >= 11 is 0. The van der Waals surface area contributed by atoms with Crippen LogP contribution >= 0.6 is 0 Å². The van der Waals surface area contributed by atoms with Crippen LogP contribution in [0.25, 0.3) is 0 Å². The molecule has 1 aromatic carbocycles. The Morgan fingerprint density at radius 3 is 2.82 bits per heavy atom. The first kappa shape index (κ1) is 12.0. The topological polar surface area (TPSA) is 52.3 Å². The summed E-state index contributed by atoms with van der Waals surface area (Å²) in [5.41, 5.74) is 5.69. The lowest BCUT2D eigenvalue weighted by Crippen LogP contribution is -2.54. The van der Waals surface area contributed by atoms with Gasteiger partial charge in [0.1, 0.15) is 5.82 Å². The van der Waals surface area contributed by atoms with Crippen molar-refractivity contribution in [1.82, 2.24) is 0 Å². The normalized spacial score (nSPS) is 27.4. The number of nitrogens with two attached hydrogens (primary N) is 1. The number of hydrogen-bond acceptors (Lipinski definition) is 3. The van der Waals surface area contributed by atoms with Crippen LogP contribution < -0.4 is 5.73 Å². The lowest BCUT2D eigenvalue weighted by Gasteiger charge is -2.44. The predicted molar refractivity (Wildman–Crippen MR) is 61.9 cm³/mol. The molecule has 0 aliphatic heterocycles. The van der Waals surface area contributed by atoms with Gasteiger partial charge in [0.2, 0.25) is 0 Å². The smallest absolute Gasteiger partial charge is 0.316 e. The third-order valence-electron chi connectivity index (χ3n) is 3.26. The molecule has 0 aromatic heterocycles. The van der Waals surface area contributed by atoms with Gasteiger partial charge in [-0.2, -0.15) is 0 Å². The summed E-state index contributed by atoms with van der Waals surface area (Å²) < 4.78 is 18.3. The molecule has 0 bridgehead atoms. The summed E-state index contributed by atoms with van der Waals surface area (Å²) in [6, 6.07) is 6.10. The lowest BCUT2D eigenvalue weighted by atomic mass is 9.62. The molecule has 0 spiro atoms. The minimum Gasteiger partial charge on any atom is -0.465 e. The van der Waals surface area contributed by atoms with Gasteiger partial charge in [-0.1, -0.05) is 12.1 Å². The lowest BCUT2D eigenvalue weighted by molar-refractivity contribution is -0.154.